The highest BCUT2D eigenvalue weighted by Crippen LogP contribution is 2.25. The van der Waals surface area contributed by atoms with Gasteiger partial charge in [0.25, 0.3) is 0 Å². The molecular weight excluding hydrogens is 297 g/mol. The number of benzene rings is 2. The summed E-state index contributed by atoms with van der Waals surface area (Å²) in [6.45, 7) is 0. The summed E-state index contributed by atoms with van der Waals surface area (Å²) in [6.07, 6.45) is 0. The molecule has 0 aromatic heterocycles. The van der Waals surface area contributed by atoms with Crippen molar-refractivity contribution in [1.82, 2.24) is 0 Å². The minimum Gasteiger partial charge on any atom is -0.308 e. The number of hydrogen-bond donors (Lipinski definition) is 2. The maximum atomic E-state index is 11.8. The number of anilines is 2. The van der Waals surface area contributed by atoms with Crippen molar-refractivity contribution >= 4 is 40.6 Å². The van der Waals surface area contributed by atoms with Crippen molar-refractivity contribution in [3.05, 3.63) is 58.1 Å². The van der Waals surface area contributed by atoms with Gasteiger partial charge in [0.15, 0.2) is 0 Å². The molecule has 0 saturated carbocycles. The van der Waals surface area contributed by atoms with E-state index in [0.717, 1.165) is 0 Å². The molecule has 0 aliphatic rings. The fourth-order valence-corrected chi connectivity index (χ4v) is 1.85. The van der Waals surface area contributed by atoms with Gasteiger partial charge in [-0.3, -0.25) is 0 Å². The van der Waals surface area contributed by atoms with Crippen LogP contribution in [0.2, 0.25) is 10.0 Å². The first-order valence-corrected chi connectivity index (χ1v) is 6.38. The number of nitrogens with zero attached hydrogens (tertiary/aromatic N) is 1. The minimum atomic E-state index is -0.467. The zero-order valence-corrected chi connectivity index (χ0v) is 11.7. The Hall–Kier alpha value is -2.22. The van der Waals surface area contributed by atoms with E-state index in [4.69, 9.17) is 28.5 Å². The van der Waals surface area contributed by atoms with Crippen LogP contribution in [0.15, 0.2) is 42.5 Å². The van der Waals surface area contributed by atoms with Crippen LogP contribution in [-0.4, -0.2) is 6.03 Å². The first-order chi connectivity index (χ1) is 9.60. The third-order valence-electron chi connectivity index (χ3n) is 2.47. The predicted octanol–water partition coefficient (Wildman–Crippen LogP) is 4.51. The number of para-hydroxylation sites is 1. The molecule has 0 aliphatic carbocycles. The van der Waals surface area contributed by atoms with Crippen LogP contribution in [0.3, 0.4) is 0 Å². The molecule has 0 fully saturated rings. The second kappa shape index (κ2) is 6.29. The Bertz CT molecular complexity index is 695. The first-order valence-electron chi connectivity index (χ1n) is 5.62. The molecule has 2 amide bonds. The Kier molecular flexibility index (Phi) is 4.46. The molecule has 2 N–H and O–H groups in total. The third-order valence-corrected chi connectivity index (χ3v) is 3.21. The van der Waals surface area contributed by atoms with Gasteiger partial charge in [0, 0.05) is 5.69 Å². The van der Waals surface area contributed by atoms with Gasteiger partial charge < -0.3 is 10.6 Å². The van der Waals surface area contributed by atoms with E-state index in [9.17, 15) is 4.79 Å². The molecule has 100 valence electrons. The Morgan fingerprint density at radius 1 is 1.05 bits per heavy atom. The van der Waals surface area contributed by atoms with Gasteiger partial charge in [-0.05, 0) is 30.3 Å². The molecule has 0 radical (unpaired) electrons. The minimum absolute atomic E-state index is 0.349. The highest BCUT2D eigenvalue weighted by atomic mass is 35.5. The van der Waals surface area contributed by atoms with Crippen molar-refractivity contribution in [1.29, 1.82) is 5.26 Å². The van der Waals surface area contributed by atoms with Gasteiger partial charge in [-0.2, -0.15) is 5.26 Å². The quantitative estimate of drug-likeness (QED) is 0.857. The number of carbonyl (C=O) groups excluding carboxylic acids is 1. The summed E-state index contributed by atoms with van der Waals surface area (Å²) in [7, 11) is 0. The molecule has 20 heavy (non-hydrogen) atoms. The fraction of sp³-hybridized carbons (Fsp3) is 0. The molecular formula is C14H9Cl2N3O. The monoisotopic (exact) mass is 305 g/mol. The van der Waals surface area contributed by atoms with Gasteiger partial charge in [0.05, 0.1) is 21.3 Å². The Morgan fingerprint density at radius 3 is 2.50 bits per heavy atom. The molecule has 2 rings (SSSR count). The lowest BCUT2D eigenvalue weighted by atomic mass is 10.2. The molecule has 0 unspecified atom stereocenters. The maximum absolute atomic E-state index is 11.8. The van der Waals surface area contributed by atoms with Crippen molar-refractivity contribution in [2.24, 2.45) is 0 Å². The highest BCUT2D eigenvalue weighted by molar-refractivity contribution is 6.42. The number of rotatable bonds is 2. The van der Waals surface area contributed by atoms with Crippen LogP contribution in [0.1, 0.15) is 5.56 Å². The van der Waals surface area contributed by atoms with E-state index < -0.39 is 6.03 Å². The normalized spacial score (nSPS) is 9.65. The van der Waals surface area contributed by atoms with Crippen LogP contribution in [0.25, 0.3) is 0 Å². The average Bonchev–Trinajstić information content (AvgIpc) is 2.43. The maximum Gasteiger partial charge on any atom is 0.323 e. The van der Waals surface area contributed by atoms with Crippen LogP contribution in [-0.2, 0) is 0 Å². The summed E-state index contributed by atoms with van der Waals surface area (Å²) in [4.78, 5) is 11.8. The largest absolute Gasteiger partial charge is 0.323 e. The number of nitrogens with one attached hydrogen (secondary N) is 2. The van der Waals surface area contributed by atoms with Crippen LogP contribution in [0.5, 0.6) is 0 Å². The Balaban J connectivity index is 2.09. The highest BCUT2D eigenvalue weighted by Gasteiger charge is 2.07. The number of carbonyl (C=O) groups is 1. The summed E-state index contributed by atoms with van der Waals surface area (Å²) >= 11 is 11.6. The molecule has 2 aromatic rings. The van der Waals surface area contributed by atoms with E-state index in [1.54, 1.807) is 42.5 Å². The number of amides is 2. The number of urea groups is 1. The summed E-state index contributed by atoms with van der Waals surface area (Å²) in [5.74, 6) is 0. The van der Waals surface area contributed by atoms with E-state index in [2.05, 4.69) is 10.6 Å². The van der Waals surface area contributed by atoms with Crippen molar-refractivity contribution in [2.45, 2.75) is 0 Å². The number of halogens is 2. The second-order valence-corrected chi connectivity index (χ2v) is 4.68. The third kappa shape index (κ3) is 3.41. The van der Waals surface area contributed by atoms with Crippen molar-refractivity contribution in [2.75, 3.05) is 10.6 Å². The smallest absolute Gasteiger partial charge is 0.308 e. The van der Waals surface area contributed by atoms with E-state index in [1.807, 2.05) is 6.07 Å². The Morgan fingerprint density at radius 2 is 1.80 bits per heavy atom. The first kappa shape index (κ1) is 14.2. The van der Waals surface area contributed by atoms with Gasteiger partial charge in [-0.1, -0.05) is 35.3 Å². The summed E-state index contributed by atoms with van der Waals surface area (Å²) < 4.78 is 0. The molecule has 4 nitrogen and oxygen atoms in total. The second-order valence-electron chi connectivity index (χ2n) is 3.87. The van der Waals surface area contributed by atoms with Gasteiger partial charge in [0.1, 0.15) is 6.07 Å². The zero-order valence-electron chi connectivity index (χ0n) is 10.2. The van der Waals surface area contributed by atoms with E-state index in [1.165, 1.54) is 0 Å². The lowest BCUT2D eigenvalue weighted by Gasteiger charge is -2.09. The lowest BCUT2D eigenvalue weighted by Crippen LogP contribution is -2.19. The molecule has 0 spiro atoms. The van der Waals surface area contributed by atoms with E-state index in [0.29, 0.717) is 27.0 Å². The molecule has 0 saturated heterocycles. The van der Waals surface area contributed by atoms with E-state index >= 15 is 0 Å². The van der Waals surface area contributed by atoms with Crippen molar-refractivity contribution in [3.8, 4) is 6.07 Å². The topological polar surface area (TPSA) is 64.9 Å². The molecule has 0 bridgehead atoms. The lowest BCUT2D eigenvalue weighted by molar-refractivity contribution is 0.262. The molecule has 0 atom stereocenters. The summed E-state index contributed by atoms with van der Waals surface area (Å²) in [6, 6.07) is 13.0. The van der Waals surface area contributed by atoms with Crippen LogP contribution in [0.4, 0.5) is 16.2 Å². The van der Waals surface area contributed by atoms with Gasteiger partial charge >= 0.3 is 6.03 Å². The number of nitriles is 1. The summed E-state index contributed by atoms with van der Waals surface area (Å²) in [5.41, 5.74) is 1.33. The van der Waals surface area contributed by atoms with Crippen LogP contribution >= 0.6 is 23.2 Å². The molecule has 0 aliphatic heterocycles. The number of hydrogen-bond acceptors (Lipinski definition) is 2. The standard InChI is InChI=1S/C14H9Cl2N3O/c15-11-6-5-10(7-12(11)16)18-14(20)19-13-4-2-1-3-9(13)8-17/h1-7H,(H2,18,19,20). The SMILES string of the molecule is N#Cc1ccccc1NC(=O)Nc1ccc(Cl)c(Cl)c1. The molecule has 2 aromatic carbocycles. The van der Waals surface area contributed by atoms with Crippen molar-refractivity contribution < 1.29 is 4.79 Å². The Labute approximate surface area is 125 Å². The average molecular weight is 306 g/mol. The zero-order chi connectivity index (χ0) is 14.5. The van der Waals surface area contributed by atoms with Gasteiger partial charge in [-0.25, -0.2) is 4.79 Å². The molecule has 0 heterocycles. The molecule has 6 heteroatoms. The van der Waals surface area contributed by atoms with Crippen molar-refractivity contribution in [3.63, 3.8) is 0 Å². The van der Waals surface area contributed by atoms with Crippen LogP contribution in [0, 0.1) is 11.3 Å². The predicted molar refractivity (Wildman–Crippen MR) is 80.3 cm³/mol. The summed E-state index contributed by atoms with van der Waals surface area (Å²) in [5, 5.41) is 14.9. The van der Waals surface area contributed by atoms with Gasteiger partial charge in [-0.15, -0.1) is 0 Å². The van der Waals surface area contributed by atoms with E-state index in [-0.39, 0.29) is 0 Å². The fourth-order valence-electron chi connectivity index (χ4n) is 1.55. The van der Waals surface area contributed by atoms with Crippen LogP contribution < -0.4 is 10.6 Å². The van der Waals surface area contributed by atoms with Gasteiger partial charge in [0.2, 0.25) is 0 Å².